The molecule has 2 heterocycles. The van der Waals surface area contributed by atoms with E-state index in [0.717, 1.165) is 12.1 Å². The molecule has 0 atom stereocenters. The Balaban J connectivity index is 1.66. The summed E-state index contributed by atoms with van der Waals surface area (Å²) in [5, 5.41) is 18.7. The number of aryl methyl sites for hydroxylation is 1. The zero-order valence-corrected chi connectivity index (χ0v) is 12.0. The predicted molar refractivity (Wildman–Crippen MR) is 81.5 cm³/mol. The Hall–Kier alpha value is -2.50. The van der Waals surface area contributed by atoms with Gasteiger partial charge in [-0.3, -0.25) is 0 Å². The first-order valence-corrected chi connectivity index (χ1v) is 7.26. The van der Waals surface area contributed by atoms with Crippen molar-refractivity contribution in [3.63, 3.8) is 0 Å². The highest BCUT2D eigenvalue weighted by Crippen LogP contribution is 2.16. The molecule has 0 unspecified atom stereocenters. The highest BCUT2D eigenvalue weighted by atomic mass is 15.6. The van der Waals surface area contributed by atoms with Gasteiger partial charge in [0.1, 0.15) is 0 Å². The quantitative estimate of drug-likeness (QED) is 0.704. The summed E-state index contributed by atoms with van der Waals surface area (Å²) >= 11 is 0. The highest BCUT2D eigenvalue weighted by Gasteiger charge is 2.01. The van der Waals surface area contributed by atoms with Crippen LogP contribution in [0.25, 0.3) is 5.65 Å². The van der Waals surface area contributed by atoms with Crippen LogP contribution in [0.2, 0.25) is 0 Å². The number of hydrogen-bond donors (Lipinski definition) is 1. The molecule has 0 bridgehead atoms. The van der Waals surface area contributed by atoms with Crippen molar-refractivity contribution in [2.45, 2.75) is 32.6 Å². The molecule has 0 aliphatic carbocycles. The molecular weight excluding hydrogens is 264 g/mol. The molecule has 6 nitrogen and oxygen atoms in total. The second-order valence-corrected chi connectivity index (χ2v) is 5.02. The minimum Gasteiger partial charge on any atom is -0.339 e. The number of rotatable bonds is 6. The first-order valence-electron chi connectivity index (χ1n) is 7.26. The first-order chi connectivity index (χ1) is 10.3. The zero-order chi connectivity index (χ0) is 14.5. The van der Waals surface area contributed by atoms with Crippen LogP contribution >= 0.6 is 0 Å². The van der Waals surface area contributed by atoms with Gasteiger partial charge in [-0.15, -0.1) is 14.8 Å². The molecule has 0 fully saturated rings. The Morgan fingerprint density at radius 2 is 1.90 bits per heavy atom. The van der Waals surface area contributed by atoms with Crippen molar-refractivity contribution >= 4 is 17.2 Å². The molecule has 0 aliphatic heterocycles. The van der Waals surface area contributed by atoms with Crippen LogP contribution in [0.15, 0.2) is 36.4 Å². The lowest BCUT2D eigenvalue weighted by atomic mass is 10.1. The van der Waals surface area contributed by atoms with Gasteiger partial charge in [0.2, 0.25) is 0 Å². The molecule has 21 heavy (non-hydrogen) atoms. The summed E-state index contributed by atoms with van der Waals surface area (Å²) in [4.78, 5) is 0. The Morgan fingerprint density at radius 1 is 1.05 bits per heavy atom. The van der Waals surface area contributed by atoms with E-state index in [9.17, 15) is 0 Å². The third-order valence-electron chi connectivity index (χ3n) is 3.36. The van der Waals surface area contributed by atoms with E-state index in [4.69, 9.17) is 0 Å². The van der Waals surface area contributed by atoms with Gasteiger partial charge in [0.25, 0.3) is 0 Å². The molecule has 0 radical (unpaired) electrons. The van der Waals surface area contributed by atoms with Crippen LogP contribution in [0.5, 0.6) is 0 Å². The minimum absolute atomic E-state index is 0.631. The summed E-state index contributed by atoms with van der Waals surface area (Å²) in [6, 6.07) is 12.2. The van der Waals surface area contributed by atoms with Crippen molar-refractivity contribution in [1.82, 2.24) is 25.3 Å². The van der Waals surface area contributed by atoms with Gasteiger partial charge in [0.15, 0.2) is 11.5 Å². The molecule has 6 heteroatoms. The average Bonchev–Trinajstić information content (AvgIpc) is 2.97. The molecule has 108 valence electrons. The molecule has 0 aliphatic rings. The summed E-state index contributed by atoms with van der Waals surface area (Å²) in [5.41, 5.74) is 3.01. The van der Waals surface area contributed by atoms with E-state index in [1.165, 1.54) is 29.5 Å². The van der Waals surface area contributed by atoms with Crippen molar-refractivity contribution in [3.05, 3.63) is 42.0 Å². The monoisotopic (exact) mass is 282 g/mol. The smallest absolute Gasteiger partial charge is 0.200 e. The van der Waals surface area contributed by atoms with Gasteiger partial charge in [0.05, 0.1) is 0 Å². The second kappa shape index (κ2) is 6.30. The molecule has 0 saturated carbocycles. The highest BCUT2D eigenvalue weighted by molar-refractivity contribution is 5.57. The summed E-state index contributed by atoms with van der Waals surface area (Å²) in [6.45, 7) is 2.22. The Kier molecular flexibility index (Phi) is 4.04. The van der Waals surface area contributed by atoms with Gasteiger partial charge in [-0.1, -0.05) is 31.9 Å². The van der Waals surface area contributed by atoms with Crippen molar-refractivity contribution in [2.75, 3.05) is 5.32 Å². The van der Waals surface area contributed by atoms with Crippen molar-refractivity contribution < 1.29 is 0 Å². The van der Waals surface area contributed by atoms with E-state index in [1.807, 2.05) is 12.1 Å². The fourth-order valence-corrected chi connectivity index (χ4v) is 2.20. The van der Waals surface area contributed by atoms with Gasteiger partial charge >= 0.3 is 0 Å². The maximum Gasteiger partial charge on any atom is 0.200 e. The summed E-state index contributed by atoms with van der Waals surface area (Å²) in [5.74, 6) is 0.716. The third kappa shape index (κ3) is 3.34. The first kappa shape index (κ1) is 13.5. The number of unbranched alkanes of at least 4 members (excludes halogenated alkanes) is 2. The van der Waals surface area contributed by atoms with Crippen LogP contribution < -0.4 is 5.32 Å². The topological polar surface area (TPSA) is 68.0 Å². The number of nitrogens with zero attached hydrogens (tertiary/aromatic N) is 5. The van der Waals surface area contributed by atoms with Gasteiger partial charge < -0.3 is 5.32 Å². The number of hydrogen-bond acceptors (Lipinski definition) is 5. The number of benzene rings is 1. The SMILES string of the molecule is CCCCCc1ccc(Nc2ccc3nnnn3n2)cc1. The summed E-state index contributed by atoms with van der Waals surface area (Å²) in [6.07, 6.45) is 4.94. The van der Waals surface area contributed by atoms with Crippen LogP contribution in [0.3, 0.4) is 0 Å². The lowest BCUT2D eigenvalue weighted by molar-refractivity contribution is 0.717. The maximum atomic E-state index is 4.28. The second-order valence-electron chi connectivity index (χ2n) is 5.02. The molecule has 0 amide bonds. The average molecular weight is 282 g/mol. The largest absolute Gasteiger partial charge is 0.339 e. The fraction of sp³-hybridized carbons (Fsp3) is 0.333. The van der Waals surface area contributed by atoms with Crippen molar-refractivity contribution in [2.24, 2.45) is 0 Å². The van der Waals surface area contributed by atoms with Crippen LogP contribution in [-0.4, -0.2) is 25.3 Å². The number of nitrogens with one attached hydrogen (secondary N) is 1. The van der Waals surface area contributed by atoms with Gasteiger partial charge in [-0.2, -0.15) is 0 Å². The Morgan fingerprint density at radius 3 is 2.71 bits per heavy atom. The van der Waals surface area contributed by atoms with Crippen LogP contribution in [0.1, 0.15) is 31.7 Å². The van der Waals surface area contributed by atoms with E-state index in [0.29, 0.717) is 11.5 Å². The number of aromatic nitrogens is 5. The lowest BCUT2D eigenvalue weighted by Crippen LogP contribution is -2.00. The van der Waals surface area contributed by atoms with Crippen LogP contribution in [0.4, 0.5) is 11.5 Å². The summed E-state index contributed by atoms with van der Waals surface area (Å²) < 4.78 is 1.40. The molecule has 2 aromatic heterocycles. The third-order valence-corrected chi connectivity index (χ3v) is 3.36. The minimum atomic E-state index is 0.631. The molecular formula is C15H18N6. The van der Waals surface area contributed by atoms with E-state index in [-0.39, 0.29) is 0 Å². The zero-order valence-electron chi connectivity index (χ0n) is 12.0. The maximum absolute atomic E-state index is 4.28. The molecule has 3 aromatic rings. The van der Waals surface area contributed by atoms with Crippen LogP contribution in [0, 0.1) is 0 Å². The normalized spacial score (nSPS) is 10.9. The van der Waals surface area contributed by atoms with Crippen molar-refractivity contribution in [1.29, 1.82) is 0 Å². The van der Waals surface area contributed by atoms with E-state index >= 15 is 0 Å². The molecule has 3 rings (SSSR count). The standard InChI is InChI=1S/C15H18N6/c1-2-3-4-5-12-6-8-13(9-7-12)16-14-10-11-15-17-19-20-21(15)18-14/h6-11H,2-5H2,1H3,(H,16,18). The van der Waals surface area contributed by atoms with Crippen molar-refractivity contribution in [3.8, 4) is 0 Å². The van der Waals surface area contributed by atoms with E-state index < -0.39 is 0 Å². The summed E-state index contributed by atoms with van der Waals surface area (Å²) in [7, 11) is 0. The van der Waals surface area contributed by atoms with E-state index in [1.54, 1.807) is 0 Å². The van der Waals surface area contributed by atoms with Gasteiger partial charge in [0, 0.05) is 5.69 Å². The molecule has 1 N–H and O–H groups in total. The molecule has 0 saturated heterocycles. The fourth-order valence-electron chi connectivity index (χ4n) is 2.20. The van der Waals surface area contributed by atoms with Crippen LogP contribution in [-0.2, 0) is 6.42 Å². The number of anilines is 2. The van der Waals surface area contributed by atoms with Gasteiger partial charge in [-0.05, 0) is 53.1 Å². The predicted octanol–water partition coefficient (Wildman–Crippen LogP) is 3.00. The Bertz CT molecular complexity index is 704. The molecule has 1 aromatic carbocycles. The Labute approximate surface area is 123 Å². The number of fused-ring (bicyclic) bond motifs is 1. The lowest BCUT2D eigenvalue weighted by Gasteiger charge is -2.06. The number of tetrazole rings is 1. The molecule has 0 spiro atoms. The van der Waals surface area contributed by atoms with Gasteiger partial charge in [-0.25, -0.2) is 0 Å². The van der Waals surface area contributed by atoms with E-state index in [2.05, 4.69) is 57.1 Å².